The molecule has 3 rings (SSSR count). The maximum Gasteiger partial charge on any atom is 0.147 e. The SMILES string of the molecule is Cc1cccc(NCC2CCN(c3cncc(C)n3)C2)n1. The van der Waals surface area contributed by atoms with E-state index in [0.717, 1.165) is 42.7 Å². The first kappa shape index (κ1) is 13.8. The molecule has 1 saturated heterocycles. The highest BCUT2D eigenvalue weighted by Crippen LogP contribution is 2.22. The van der Waals surface area contributed by atoms with Crippen LogP contribution in [0.1, 0.15) is 17.8 Å². The fraction of sp³-hybridized carbons (Fsp3) is 0.438. The van der Waals surface area contributed by atoms with Crippen molar-refractivity contribution in [2.75, 3.05) is 29.9 Å². The van der Waals surface area contributed by atoms with Gasteiger partial charge in [0.2, 0.25) is 0 Å². The summed E-state index contributed by atoms with van der Waals surface area (Å²) in [5, 5.41) is 3.44. The molecule has 0 spiro atoms. The Morgan fingerprint density at radius 2 is 2.10 bits per heavy atom. The normalized spacial score (nSPS) is 18.0. The van der Waals surface area contributed by atoms with Gasteiger partial charge in [-0.3, -0.25) is 4.98 Å². The van der Waals surface area contributed by atoms with E-state index in [4.69, 9.17) is 0 Å². The highest BCUT2D eigenvalue weighted by Gasteiger charge is 2.23. The monoisotopic (exact) mass is 283 g/mol. The van der Waals surface area contributed by atoms with Crippen molar-refractivity contribution in [3.8, 4) is 0 Å². The van der Waals surface area contributed by atoms with Crippen molar-refractivity contribution >= 4 is 11.6 Å². The molecule has 0 aromatic carbocycles. The average Bonchev–Trinajstić information content (AvgIpc) is 2.94. The van der Waals surface area contributed by atoms with Crippen molar-refractivity contribution in [1.29, 1.82) is 0 Å². The molecular formula is C16H21N5. The topological polar surface area (TPSA) is 53.9 Å². The molecule has 2 aromatic rings. The molecule has 110 valence electrons. The minimum atomic E-state index is 0.620. The first-order valence-corrected chi connectivity index (χ1v) is 7.42. The Bertz CT molecular complexity index is 613. The van der Waals surface area contributed by atoms with Crippen LogP contribution in [0.4, 0.5) is 11.6 Å². The van der Waals surface area contributed by atoms with Crippen LogP contribution in [0.25, 0.3) is 0 Å². The first-order valence-electron chi connectivity index (χ1n) is 7.42. The van der Waals surface area contributed by atoms with Gasteiger partial charge in [0, 0.05) is 31.5 Å². The number of anilines is 2. The Labute approximate surface area is 125 Å². The summed E-state index contributed by atoms with van der Waals surface area (Å²) in [5.74, 6) is 2.57. The van der Waals surface area contributed by atoms with Gasteiger partial charge in [-0.25, -0.2) is 9.97 Å². The van der Waals surface area contributed by atoms with Gasteiger partial charge in [-0.15, -0.1) is 0 Å². The van der Waals surface area contributed by atoms with Crippen LogP contribution >= 0.6 is 0 Å². The van der Waals surface area contributed by atoms with Gasteiger partial charge in [-0.1, -0.05) is 6.07 Å². The van der Waals surface area contributed by atoms with E-state index in [0.29, 0.717) is 5.92 Å². The second-order valence-corrected chi connectivity index (χ2v) is 5.66. The summed E-state index contributed by atoms with van der Waals surface area (Å²) in [5.41, 5.74) is 2.01. The number of hydrogen-bond donors (Lipinski definition) is 1. The molecule has 0 bridgehead atoms. The summed E-state index contributed by atoms with van der Waals surface area (Å²) in [6.07, 6.45) is 4.82. The predicted octanol–water partition coefficient (Wildman–Crippen LogP) is 2.43. The van der Waals surface area contributed by atoms with E-state index in [1.165, 1.54) is 6.42 Å². The van der Waals surface area contributed by atoms with Crippen LogP contribution in [-0.2, 0) is 0 Å². The summed E-state index contributed by atoms with van der Waals surface area (Å²) in [7, 11) is 0. The standard InChI is InChI=1S/C16H21N5/c1-12-4-3-5-15(19-12)18-9-14-6-7-21(11-14)16-10-17-8-13(2)20-16/h3-5,8,10,14H,6-7,9,11H2,1-2H3,(H,18,19). The molecule has 1 unspecified atom stereocenters. The van der Waals surface area contributed by atoms with Crippen molar-refractivity contribution in [1.82, 2.24) is 15.0 Å². The molecular weight excluding hydrogens is 262 g/mol. The van der Waals surface area contributed by atoms with Gasteiger partial charge in [0.25, 0.3) is 0 Å². The Hall–Kier alpha value is -2.17. The molecule has 0 aliphatic carbocycles. The van der Waals surface area contributed by atoms with Crippen molar-refractivity contribution in [3.05, 3.63) is 42.0 Å². The van der Waals surface area contributed by atoms with Crippen LogP contribution in [0.15, 0.2) is 30.6 Å². The van der Waals surface area contributed by atoms with Gasteiger partial charge >= 0.3 is 0 Å². The van der Waals surface area contributed by atoms with Crippen molar-refractivity contribution < 1.29 is 0 Å². The van der Waals surface area contributed by atoms with Gasteiger partial charge in [-0.05, 0) is 38.3 Å². The van der Waals surface area contributed by atoms with Gasteiger partial charge in [-0.2, -0.15) is 0 Å². The third kappa shape index (κ3) is 3.48. The predicted molar refractivity (Wildman–Crippen MR) is 84.6 cm³/mol. The number of aryl methyl sites for hydroxylation is 2. The van der Waals surface area contributed by atoms with Crippen LogP contribution in [-0.4, -0.2) is 34.6 Å². The largest absolute Gasteiger partial charge is 0.370 e. The number of hydrogen-bond acceptors (Lipinski definition) is 5. The molecule has 0 saturated carbocycles. The van der Waals surface area contributed by atoms with Crippen molar-refractivity contribution in [3.63, 3.8) is 0 Å². The van der Waals surface area contributed by atoms with E-state index >= 15 is 0 Å². The summed E-state index contributed by atoms with van der Waals surface area (Å²) in [4.78, 5) is 15.6. The molecule has 3 heterocycles. The smallest absolute Gasteiger partial charge is 0.147 e. The van der Waals surface area contributed by atoms with E-state index in [-0.39, 0.29) is 0 Å². The Kier molecular flexibility index (Phi) is 3.99. The molecule has 5 nitrogen and oxygen atoms in total. The lowest BCUT2D eigenvalue weighted by Crippen LogP contribution is -2.23. The summed E-state index contributed by atoms with van der Waals surface area (Å²) in [6.45, 7) is 7.02. The molecule has 5 heteroatoms. The zero-order chi connectivity index (χ0) is 14.7. The molecule has 2 aromatic heterocycles. The number of rotatable bonds is 4. The average molecular weight is 283 g/mol. The van der Waals surface area contributed by atoms with Crippen LogP contribution in [0.3, 0.4) is 0 Å². The van der Waals surface area contributed by atoms with Crippen molar-refractivity contribution in [2.45, 2.75) is 20.3 Å². The van der Waals surface area contributed by atoms with Crippen LogP contribution in [0, 0.1) is 19.8 Å². The number of aromatic nitrogens is 3. The number of nitrogens with one attached hydrogen (secondary N) is 1. The summed E-state index contributed by atoms with van der Waals surface area (Å²) >= 11 is 0. The van der Waals surface area contributed by atoms with Crippen LogP contribution < -0.4 is 10.2 Å². The van der Waals surface area contributed by atoms with E-state index in [9.17, 15) is 0 Å². The third-order valence-corrected chi connectivity index (χ3v) is 3.81. The Morgan fingerprint density at radius 1 is 1.19 bits per heavy atom. The third-order valence-electron chi connectivity index (χ3n) is 3.81. The molecule has 1 N–H and O–H groups in total. The zero-order valence-corrected chi connectivity index (χ0v) is 12.6. The van der Waals surface area contributed by atoms with Crippen LogP contribution in [0.5, 0.6) is 0 Å². The zero-order valence-electron chi connectivity index (χ0n) is 12.6. The van der Waals surface area contributed by atoms with Gasteiger partial charge < -0.3 is 10.2 Å². The lowest BCUT2D eigenvalue weighted by atomic mass is 10.1. The first-order chi connectivity index (χ1) is 10.2. The summed E-state index contributed by atoms with van der Waals surface area (Å²) in [6, 6.07) is 6.07. The molecule has 1 aliphatic rings. The van der Waals surface area contributed by atoms with E-state index < -0.39 is 0 Å². The maximum atomic E-state index is 4.55. The molecule has 1 aliphatic heterocycles. The number of nitrogens with zero attached hydrogens (tertiary/aromatic N) is 4. The molecule has 21 heavy (non-hydrogen) atoms. The van der Waals surface area contributed by atoms with E-state index in [2.05, 4.69) is 25.2 Å². The van der Waals surface area contributed by atoms with Gasteiger partial charge in [0.1, 0.15) is 11.6 Å². The highest BCUT2D eigenvalue weighted by molar-refractivity contribution is 5.39. The lowest BCUT2D eigenvalue weighted by Gasteiger charge is -2.17. The molecule has 1 fully saturated rings. The minimum absolute atomic E-state index is 0.620. The minimum Gasteiger partial charge on any atom is -0.370 e. The Morgan fingerprint density at radius 3 is 2.90 bits per heavy atom. The molecule has 0 amide bonds. The fourth-order valence-corrected chi connectivity index (χ4v) is 2.70. The Balaban J connectivity index is 1.55. The molecule has 1 atom stereocenters. The quantitative estimate of drug-likeness (QED) is 0.934. The number of pyridine rings is 1. The van der Waals surface area contributed by atoms with E-state index in [1.54, 1.807) is 6.20 Å². The second-order valence-electron chi connectivity index (χ2n) is 5.66. The second kappa shape index (κ2) is 6.08. The highest BCUT2D eigenvalue weighted by atomic mass is 15.2. The van der Waals surface area contributed by atoms with Crippen molar-refractivity contribution in [2.24, 2.45) is 5.92 Å². The fourth-order valence-electron chi connectivity index (χ4n) is 2.70. The summed E-state index contributed by atoms with van der Waals surface area (Å²) < 4.78 is 0. The van der Waals surface area contributed by atoms with Gasteiger partial charge in [0.05, 0.1) is 11.9 Å². The van der Waals surface area contributed by atoms with Gasteiger partial charge in [0.15, 0.2) is 0 Å². The maximum absolute atomic E-state index is 4.55. The lowest BCUT2D eigenvalue weighted by molar-refractivity contribution is 0.620. The van der Waals surface area contributed by atoms with E-state index in [1.807, 2.05) is 38.2 Å². The molecule has 0 radical (unpaired) electrons. The van der Waals surface area contributed by atoms with Crippen LogP contribution in [0.2, 0.25) is 0 Å².